The molecule has 0 atom stereocenters. The molecule has 1 aromatic carbocycles. The maximum absolute atomic E-state index is 12.6. The molecule has 8 heteroatoms. The molecule has 0 unspecified atom stereocenters. The zero-order valence-electron chi connectivity index (χ0n) is 10.0. The Balaban J connectivity index is 2.39. The van der Waals surface area contributed by atoms with Gasteiger partial charge in [-0.3, -0.25) is 0 Å². The predicted molar refractivity (Wildman–Crippen MR) is 71.0 cm³/mol. The van der Waals surface area contributed by atoms with Crippen LogP contribution in [0, 0.1) is 6.92 Å². The lowest BCUT2D eigenvalue weighted by molar-refractivity contribution is -0.145. The average molecular weight is 368 g/mol. The molecule has 0 amide bonds. The highest BCUT2D eigenvalue weighted by molar-refractivity contribution is 9.10. The highest BCUT2D eigenvalue weighted by Crippen LogP contribution is 2.32. The van der Waals surface area contributed by atoms with Crippen LogP contribution in [-0.4, -0.2) is 9.97 Å². The molecule has 0 saturated heterocycles. The van der Waals surface area contributed by atoms with Gasteiger partial charge in [-0.05, 0) is 24.6 Å². The van der Waals surface area contributed by atoms with Gasteiger partial charge in [0.2, 0.25) is 11.7 Å². The van der Waals surface area contributed by atoms with E-state index in [0.717, 1.165) is 16.1 Å². The molecular weight excluding hydrogens is 360 g/mol. The van der Waals surface area contributed by atoms with E-state index in [-0.39, 0.29) is 11.0 Å². The number of halogens is 5. The topological polar surface area (TPSA) is 35.0 Å². The van der Waals surface area contributed by atoms with Crippen LogP contribution in [-0.2, 0) is 6.18 Å². The van der Waals surface area contributed by atoms with Crippen molar-refractivity contribution in [3.63, 3.8) is 0 Å². The summed E-state index contributed by atoms with van der Waals surface area (Å²) in [6.45, 7) is 1.76. The van der Waals surface area contributed by atoms with Crippen LogP contribution in [0.5, 0.6) is 11.6 Å². The summed E-state index contributed by atoms with van der Waals surface area (Å²) in [5.74, 6) is -1.23. The minimum Gasteiger partial charge on any atom is -0.439 e. The van der Waals surface area contributed by atoms with Gasteiger partial charge in [-0.15, -0.1) is 0 Å². The number of benzene rings is 1. The number of aromatic nitrogens is 2. The SMILES string of the molecule is Cc1ccc(Br)cc1Oc1cc(Cl)nc(C(F)(F)F)n1. The van der Waals surface area contributed by atoms with E-state index in [0.29, 0.717) is 5.75 Å². The van der Waals surface area contributed by atoms with Crippen molar-refractivity contribution in [1.29, 1.82) is 0 Å². The fourth-order valence-corrected chi connectivity index (χ4v) is 1.89. The van der Waals surface area contributed by atoms with E-state index >= 15 is 0 Å². The second-order valence-electron chi connectivity index (χ2n) is 3.86. The molecule has 0 saturated carbocycles. The Morgan fingerprint density at radius 1 is 1.20 bits per heavy atom. The molecule has 0 spiro atoms. The lowest BCUT2D eigenvalue weighted by Crippen LogP contribution is -2.11. The monoisotopic (exact) mass is 366 g/mol. The highest BCUT2D eigenvalue weighted by Gasteiger charge is 2.35. The molecule has 3 nitrogen and oxygen atoms in total. The van der Waals surface area contributed by atoms with Gasteiger partial charge < -0.3 is 4.74 Å². The third kappa shape index (κ3) is 3.61. The number of nitrogens with zero attached hydrogens (tertiary/aromatic N) is 2. The molecule has 0 N–H and O–H groups in total. The number of ether oxygens (including phenoxy) is 1. The highest BCUT2D eigenvalue weighted by atomic mass is 79.9. The number of alkyl halides is 3. The van der Waals surface area contributed by atoms with E-state index in [1.54, 1.807) is 25.1 Å². The third-order valence-electron chi connectivity index (χ3n) is 2.29. The first-order chi connectivity index (χ1) is 9.25. The molecule has 0 aliphatic heterocycles. The van der Waals surface area contributed by atoms with Crippen molar-refractivity contribution in [1.82, 2.24) is 9.97 Å². The number of aryl methyl sites for hydroxylation is 1. The Labute approximate surface area is 125 Å². The van der Waals surface area contributed by atoms with E-state index in [4.69, 9.17) is 16.3 Å². The maximum Gasteiger partial charge on any atom is 0.451 e. The van der Waals surface area contributed by atoms with Crippen LogP contribution < -0.4 is 4.74 Å². The smallest absolute Gasteiger partial charge is 0.439 e. The summed E-state index contributed by atoms with van der Waals surface area (Å²) in [5.41, 5.74) is 0.747. The second-order valence-corrected chi connectivity index (χ2v) is 5.17. The molecule has 0 fully saturated rings. The Morgan fingerprint density at radius 2 is 1.90 bits per heavy atom. The molecule has 2 aromatic rings. The number of rotatable bonds is 2. The van der Waals surface area contributed by atoms with Gasteiger partial charge in [0.05, 0.1) is 0 Å². The van der Waals surface area contributed by atoms with Gasteiger partial charge in [-0.2, -0.15) is 18.2 Å². The lowest BCUT2D eigenvalue weighted by Gasteiger charge is -2.10. The van der Waals surface area contributed by atoms with Crippen molar-refractivity contribution in [2.24, 2.45) is 0 Å². The van der Waals surface area contributed by atoms with Crippen molar-refractivity contribution >= 4 is 27.5 Å². The summed E-state index contributed by atoms with van der Waals surface area (Å²) in [6, 6.07) is 6.29. The molecule has 0 aliphatic rings. The van der Waals surface area contributed by atoms with Crippen LogP contribution in [0.25, 0.3) is 0 Å². The minimum atomic E-state index is -4.69. The van der Waals surface area contributed by atoms with Gasteiger partial charge in [-0.25, -0.2) is 4.98 Å². The van der Waals surface area contributed by atoms with Gasteiger partial charge in [-0.1, -0.05) is 33.6 Å². The second kappa shape index (κ2) is 5.57. The van der Waals surface area contributed by atoms with Gasteiger partial charge >= 0.3 is 6.18 Å². The molecule has 106 valence electrons. The van der Waals surface area contributed by atoms with Crippen LogP contribution >= 0.6 is 27.5 Å². The summed E-state index contributed by atoms with van der Waals surface area (Å²) >= 11 is 8.80. The first-order valence-corrected chi connectivity index (χ1v) is 6.48. The van der Waals surface area contributed by atoms with Crippen LogP contribution in [0.3, 0.4) is 0 Å². The average Bonchev–Trinajstić information content (AvgIpc) is 2.32. The Bertz CT molecular complexity index is 649. The van der Waals surface area contributed by atoms with E-state index in [9.17, 15) is 13.2 Å². The number of hydrogen-bond acceptors (Lipinski definition) is 3. The van der Waals surface area contributed by atoms with Crippen molar-refractivity contribution in [3.05, 3.63) is 45.3 Å². The Kier molecular flexibility index (Phi) is 4.19. The summed E-state index contributed by atoms with van der Waals surface area (Å²) < 4.78 is 43.8. The van der Waals surface area contributed by atoms with Crippen LogP contribution in [0.4, 0.5) is 13.2 Å². The molecule has 2 rings (SSSR count). The first kappa shape index (κ1) is 15.1. The molecule has 1 heterocycles. The van der Waals surface area contributed by atoms with Crippen LogP contribution in [0.15, 0.2) is 28.7 Å². The van der Waals surface area contributed by atoms with Crippen molar-refractivity contribution in [2.45, 2.75) is 13.1 Å². The van der Waals surface area contributed by atoms with Gasteiger partial charge in [0.25, 0.3) is 0 Å². The summed E-state index contributed by atoms with van der Waals surface area (Å²) in [7, 11) is 0. The minimum absolute atomic E-state index is 0.265. The predicted octanol–water partition coefficient (Wildman–Crippen LogP) is 5.01. The molecule has 20 heavy (non-hydrogen) atoms. The summed E-state index contributed by atoms with van der Waals surface area (Å²) in [4.78, 5) is 6.44. The molecule has 0 bridgehead atoms. The standard InChI is InChI=1S/C12H7BrClF3N2O/c1-6-2-3-7(13)4-8(6)20-10-5-9(14)18-11(19-10)12(15,16)17/h2-5H,1H3. The zero-order valence-corrected chi connectivity index (χ0v) is 12.3. The third-order valence-corrected chi connectivity index (χ3v) is 2.98. The molecule has 0 aliphatic carbocycles. The Morgan fingerprint density at radius 3 is 2.55 bits per heavy atom. The maximum atomic E-state index is 12.6. The van der Waals surface area contributed by atoms with E-state index in [2.05, 4.69) is 25.9 Å². The molecule has 0 radical (unpaired) electrons. The summed E-state index contributed by atoms with van der Waals surface area (Å²) in [6.07, 6.45) is -4.69. The number of hydrogen-bond donors (Lipinski definition) is 0. The van der Waals surface area contributed by atoms with Crippen LogP contribution in [0.1, 0.15) is 11.4 Å². The van der Waals surface area contributed by atoms with Gasteiger partial charge in [0.1, 0.15) is 10.9 Å². The molecular formula is C12H7BrClF3N2O. The van der Waals surface area contributed by atoms with Crippen molar-refractivity contribution in [3.8, 4) is 11.6 Å². The fourth-order valence-electron chi connectivity index (χ4n) is 1.37. The van der Waals surface area contributed by atoms with Gasteiger partial charge in [0, 0.05) is 10.5 Å². The quantitative estimate of drug-likeness (QED) is 0.700. The fraction of sp³-hybridized carbons (Fsp3) is 0.167. The van der Waals surface area contributed by atoms with Crippen LogP contribution in [0.2, 0.25) is 5.15 Å². The first-order valence-electron chi connectivity index (χ1n) is 5.31. The largest absolute Gasteiger partial charge is 0.451 e. The van der Waals surface area contributed by atoms with Gasteiger partial charge in [0.15, 0.2) is 0 Å². The summed E-state index contributed by atoms with van der Waals surface area (Å²) in [5, 5.41) is -0.338. The van der Waals surface area contributed by atoms with E-state index in [1.807, 2.05) is 0 Å². The van der Waals surface area contributed by atoms with E-state index < -0.39 is 12.0 Å². The Hall–Kier alpha value is -1.34. The van der Waals surface area contributed by atoms with Crippen molar-refractivity contribution in [2.75, 3.05) is 0 Å². The molecule has 1 aromatic heterocycles. The normalized spacial score (nSPS) is 11.5. The zero-order chi connectivity index (χ0) is 14.9. The van der Waals surface area contributed by atoms with E-state index in [1.165, 1.54) is 0 Å². The van der Waals surface area contributed by atoms with Crippen molar-refractivity contribution < 1.29 is 17.9 Å². The lowest BCUT2D eigenvalue weighted by atomic mass is 10.2.